The van der Waals surface area contributed by atoms with Crippen LogP contribution in [0.25, 0.3) is 0 Å². The highest BCUT2D eigenvalue weighted by Crippen LogP contribution is 2.11. The monoisotopic (exact) mass is 350 g/mol. The van der Waals surface area contributed by atoms with Crippen LogP contribution >= 0.6 is 8.58 Å². The molecule has 0 aromatic heterocycles. The molecule has 0 aliphatic rings. The fourth-order valence-corrected chi connectivity index (χ4v) is 2.26. The molecule has 0 radical (unpaired) electrons. The Hall–Kier alpha value is -0.870. The molecule has 0 saturated heterocycles. The molecule has 2 amide bonds. The van der Waals surface area contributed by atoms with Crippen LogP contribution in [0.1, 0.15) is 54.9 Å². The zero-order valence-electron chi connectivity index (χ0n) is 15.7. The maximum atomic E-state index is 11.4. The standard InChI is InChI=1S/C14H29N2O4P.C2H6/c1-6-15-12(17)9-21-10-19-11(2)7-8-16-13(18)20-14(3,4)5;1-2/h11,21H,6-10H2,1-5H3,(H,15,17)(H,16,18);1-2H3. The van der Waals surface area contributed by atoms with Gasteiger partial charge in [-0.05, 0) is 41.0 Å². The van der Waals surface area contributed by atoms with Gasteiger partial charge in [0.1, 0.15) is 5.60 Å². The first kappa shape index (κ1) is 24.4. The molecule has 7 heteroatoms. The van der Waals surface area contributed by atoms with Gasteiger partial charge >= 0.3 is 6.09 Å². The third-order valence-electron chi connectivity index (χ3n) is 2.35. The summed E-state index contributed by atoms with van der Waals surface area (Å²) < 4.78 is 10.7. The lowest BCUT2D eigenvalue weighted by Crippen LogP contribution is -2.34. The summed E-state index contributed by atoms with van der Waals surface area (Å²) in [5.41, 5.74) is -0.480. The summed E-state index contributed by atoms with van der Waals surface area (Å²) in [7, 11) is 0.462. The largest absolute Gasteiger partial charge is 0.444 e. The quantitative estimate of drug-likeness (QED) is 0.495. The van der Waals surface area contributed by atoms with E-state index in [0.717, 1.165) is 0 Å². The average Bonchev–Trinajstić information content (AvgIpc) is 2.44. The van der Waals surface area contributed by atoms with E-state index in [4.69, 9.17) is 9.47 Å². The molecule has 2 N–H and O–H groups in total. The molecule has 2 atom stereocenters. The molecule has 0 heterocycles. The number of carbonyl (C=O) groups is 2. The number of hydrogen-bond donors (Lipinski definition) is 2. The van der Waals surface area contributed by atoms with Gasteiger partial charge in [0.05, 0.1) is 12.5 Å². The molecule has 0 fully saturated rings. The van der Waals surface area contributed by atoms with Gasteiger partial charge in [-0.15, -0.1) is 0 Å². The molecule has 0 aliphatic heterocycles. The molecule has 0 saturated carbocycles. The van der Waals surface area contributed by atoms with E-state index in [1.165, 1.54) is 0 Å². The molecule has 0 spiro atoms. The van der Waals surface area contributed by atoms with Gasteiger partial charge in [0, 0.05) is 19.3 Å². The second-order valence-electron chi connectivity index (χ2n) is 5.72. The van der Waals surface area contributed by atoms with Crippen molar-refractivity contribution in [3.05, 3.63) is 0 Å². The van der Waals surface area contributed by atoms with Gasteiger partial charge in [-0.1, -0.05) is 22.4 Å². The molecular weight excluding hydrogens is 315 g/mol. The minimum atomic E-state index is -0.480. The van der Waals surface area contributed by atoms with Gasteiger partial charge in [-0.2, -0.15) is 0 Å². The summed E-state index contributed by atoms with van der Waals surface area (Å²) in [6.45, 7) is 14.5. The fourth-order valence-electron chi connectivity index (χ4n) is 1.40. The van der Waals surface area contributed by atoms with Crippen molar-refractivity contribution in [2.24, 2.45) is 0 Å². The summed E-state index contributed by atoms with van der Waals surface area (Å²) >= 11 is 0. The van der Waals surface area contributed by atoms with E-state index in [1.807, 2.05) is 48.5 Å². The van der Waals surface area contributed by atoms with E-state index in [9.17, 15) is 9.59 Å². The number of alkyl carbamates (subject to hydrolysis) is 1. The molecule has 0 aliphatic carbocycles. The Balaban J connectivity index is 0. The SMILES string of the molecule is CC.CCNC(=O)CPCOC(C)CCNC(=O)OC(C)(C)C. The van der Waals surface area contributed by atoms with Crippen molar-refractivity contribution in [1.82, 2.24) is 10.6 Å². The van der Waals surface area contributed by atoms with Crippen LogP contribution in [-0.4, -0.2) is 49.3 Å². The van der Waals surface area contributed by atoms with Crippen LogP contribution in [0.4, 0.5) is 4.79 Å². The highest BCUT2D eigenvalue weighted by molar-refractivity contribution is 7.39. The Bertz CT molecular complexity index is 320. The Labute approximate surface area is 143 Å². The molecule has 2 unspecified atom stereocenters. The van der Waals surface area contributed by atoms with Gasteiger partial charge in [0.15, 0.2) is 0 Å². The summed E-state index contributed by atoms with van der Waals surface area (Å²) in [5, 5.41) is 5.44. The lowest BCUT2D eigenvalue weighted by atomic mass is 10.2. The van der Waals surface area contributed by atoms with Crippen molar-refractivity contribution >= 4 is 20.6 Å². The van der Waals surface area contributed by atoms with Crippen molar-refractivity contribution in [1.29, 1.82) is 0 Å². The Morgan fingerprint density at radius 2 is 1.78 bits per heavy atom. The van der Waals surface area contributed by atoms with Crippen molar-refractivity contribution < 1.29 is 19.1 Å². The number of nitrogens with one attached hydrogen (secondary N) is 2. The van der Waals surface area contributed by atoms with Crippen LogP contribution in [0.5, 0.6) is 0 Å². The number of ether oxygens (including phenoxy) is 2. The van der Waals surface area contributed by atoms with E-state index in [-0.39, 0.29) is 12.0 Å². The highest BCUT2D eigenvalue weighted by atomic mass is 31.1. The second-order valence-corrected chi connectivity index (χ2v) is 6.86. The first-order valence-corrected chi connectivity index (χ1v) is 9.72. The van der Waals surface area contributed by atoms with E-state index >= 15 is 0 Å². The second kappa shape index (κ2) is 14.7. The molecule has 0 aromatic rings. The van der Waals surface area contributed by atoms with Gasteiger partial charge < -0.3 is 20.1 Å². The minimum Gasteiger partial charge on any atom is -0.444 e. The molecule has 0 rings (SSSR count). The Morgan fingerprint density at radius 3 is 2.30 bits per heavy atom. The van der Waals surface area contributed by atoms with Gasteiger partial charge in [-0.3, -0.25) is 4.79 Å². The molecule has 138 valence electrons. The number of amides is 2. The van der Waals surface area contributed by atoms with Gasteiger partial charge in [0.25, 0.3) is 0 Å². The summed E-state index contributed by atoms with van der Waals surface area (Å²) in [6, 6.07) is 0. The molecule has 23 heavy (non-hydrogen) atoms. The van der Waals surface area contributed by atoms with Crippen molar-refractivity contribution in [3.63, 3.8) is 0 Å². The maximum Gasteiger partial charge on any atom is 0.407 e. The lowest BCUT2D eigenvalue weighted by molar-refractivity contribution is -0.118. The number of rotatable bonds is 9. The maximum absolute atomic E-state index is 11.4. The van der Waals surface area contributed by atoms with Crippen LogP contribution in [0.15, 0.2) is 0 Å². The van der Waals surface area contributed by atoms with Crippen molar-refractivity contribution in [2.75, 3.05) is 25.6 Å². The Kier molecular flexibility index (Phi) is 15.6. The van der Waals surface area contributed by atoms with E-state index in [0.29, 0.717) is 40.6 Å². The van der Waals surface area contributed by atoms with E-state index < -0.39 is 11.7 Å². The Morgan fingerprint density at radius 1 is 1.17 bits per heavy atom. The third kappa shape index (κ3) is 19.1. The topological polar surface area (TPSA) is 76.7 Å². The minimum absolute atomic E-state index is 0.0432. The zero-order valence-corrected chi connectivity index (χ0v) is 16.7. The van der Waals surface area contributed by atoms with E-state index in [2.05, 4.69) is 10.6 Å². The van der Waals surface area contributed by atoms with E-state index in [1.54, 1.807) is 0 Å². The molecule has 0 bridgehead atoms. The first-order chi connectivity index (χ1) is 10.7. The van der Waals surface area contributed by atoms with Crippen molar-refractivity contribution in [3.8, 4) is 0 Å². The normalized spacial score (nSPS) is 12.3. The van der Waals surface area contributed by atoms with Gasteiger partial charge in [-0.25, -0.2) is 4.79 Å². The molecular formula is C16H35N2O4P. The third-order valence-corrected chi connectivity index (χ3v) is 3.29. The molecule has 6 nitrogen and oxygen atoms in total. The predicted octanol–water partition coefficient (Wildman–Crippen LogP) is 3.10. The van der Waals surface area contributed by atoms with Crippen LogP contribution in [0.2, 0.25) is 0 Å². The summed E-state index contributed by atoms with van der Waals surface area (Å²) in [4.78, 5) is 22.6. The fraction of sp³-hybridized carbons (Fsp3) is 0.875. The molecule has 0 aromatic carbocycles. The highest BCUT2D eigenvalue weighted by Gasteiger charge is 2.15. The summed E-state index contributed by atoms with van der Waals surface area (Å²) in [5.74, 6) is 0.0682. The number of carbonyl (C=O) groups excluding carboxylic acids is 2. The van der Waals surface area contributed by atoms with Gasteiger partial charge in [0.2, 0.25) is 5.91 Å². The van der Waals surface area contributed by atoms with Crippen molar-refractivity contribution in [2.45, 2.75) is 66.6 Å². The summed E-state index contributed by atoms with van der Waals surface area (Å²) in [6.07, 6.45) is 1.43. The predicted molar refractivity (Wildman–Crippen MR) is 97.5 cm³/mol. The smallest absolute Gasteiger partial charge is 0.407 e. The zero-order chi connectivity index (χ0) is 18.3. The van der Waals surface area contributed by atoms with Crippen LogP contribution in [-0.2, 0) is 14.3 Å². The first-order valence-electron chi connectivity index (χ1n) is 8.30. The van der Waals surface area contributed by atoms with Crippen LogP contribution in [0, 0.1) is 0 Å². The average molecular weight is 350 g/mol. The number of hydrogen-bond acceptors (Lipinski definition) is 4. The van der Waals surface area contributed by atoms with Crippen LogP contribution < -0.4 is 10.6 Å². The lowest BCUT2D eigenvalue weighted by Gasteiger charge is -2.20. The van der Waals surface area contributed by atoms with Crippen LogP contribution in [0.3, 0.4) is 0 Å².